The Morgan fingerprint density at radius 2 is 1.96 bits per heavy atom. The maximum atomic E-state index is 6.47. The summed E-state index contributed by atoms with van der Waals surface area (Å²) < 4.78 is 5.37. The first-order chi connectivity index (χ1) is 11.1. The topological polar surface area (TPSA) is 67.6 Å². The summed E-state index contributed by atoms with van der Waals surface area (Å²) in [7, 11) is 0. The van der Waals surface area contributed by atoms with Gasteiger partial charge in [-0.25, -0.2) is 4.98 Å². The number of pyridine rings is 1. The number of rotatable bonds is 2. The minimum absolute atomic E-state index is 0.349. The molecule has 0 radical (unpaired) electrons. The predicted molar refractivity (Wildman–Crippen MR) is 89.3 cm³/mol. The van der Waals surface area contributed by atoms with E-state index in [1.54, 1.807) is 0 Å². The van der Waals surface area contributed by atoms with Crippen molar-refractivity contribution >= 4 is 22.5 Å². The van der Waals surface area contributed by atoms with E-state index in [2.05, 4.69) is 20.1 Å². The highest BCUT2D eigenvalue weighted by Gasteiger charge is 2.18. The van der Waals surface area contributed by atoms with E-state index in [4.69, 9.17) is 16.1 Å². The van der Waals surface area contributed by atoms with Crippen LogP contribution in [-0.2, 0) is 0 Å². The molecule has 0 saturated carbocycles. The van der Waals surface area contributed by atoms with Crippen molar-refractivity contribution in [3.05, 3.63) is 52.7 Å². The van der Waals surface area contributed by atoms with Crippen molar-refractivity contribution in [2.75, 3.05) is 0 Å². The fourth-order valence-electron chi connectivity index (χ4n) is 2.52. The molecule has 0 aliphatic rings. The first-order valence-corrected chi connectivity index (χ1v) is 7.55. The number of benzene rings is 1. The molecule has 0 unspecified atom stereocenters. The fourth-order valence-corrected chi connectivity index (χ4v) is 2.80. The summed E-state index contributed by atoms with van der Waals surface area (Å²) in [6, 6.07) is 11.7. The molecule has 6 heteroatoms. The molecule has 114 valence electrons. The number of nitrogens with zero attached hydrogens (tertiary/aromatic N) is 3. The molecule has 0 fully saturated rings. The van der Waals surface area contributed by atoms with E-state index in [0.717, 1.165) is 22.2 Å². The number of aromatic nitrogens is 4. The van der Waals surface area contributed by atoms with Gasteiger partial charge >= 0.3 is 0 Å². The van der Waals surface area contributed by atoms with Gasteiger partial charge in [0.1, 0.15) is 11.4 Å². The average molecular weight is 325 g/mol. The SMILES string of the molecule is Cc1ccc2[nH]c(-c3nc(-c4cccc(C)n4)no3)c(Cl)c2c1. The lowest BCUT2D eigenvalue weighted by atomic mass is 10.2. The van der Waals surface area contributed by atoms with Gasteiger partial charge in [-0.3, -0.25) is 0 Å². The van der Waals surface area contributed by atoms with E-state index in [0.29, 0.717) is 28.1 Å². The van der Waals surface area contributed by atoms with Crippen molar-refractivity contribution in [3.63, 3.8) is 0 Å². The monoisotopic (exact) mass is 324 g/mol. The van der Waals surface area contributed by atoms with Gasteiger partial charge in [-0.05, 0) is 38.1 Å². The van der Waals surface area contributed by atoms with Crippen LogP contribution in [0.3, 0.4) is 0 Å². The molecule has 1 N–H and O–H groups in total. The first-order valence-electron chi connectivity index (χ1n) is 7.18. The summed E-state index contributed by atoms with van der Waals surface area (Å²) in [5, 5.41) is 5.53. The molecule has 0 spiro atoms. The first kappa shape index (κ1) is 14.0. The highest BCUT2D eigenvalue weighted by atomic mass is 35.5. The zero-order chi connectivity index (χ0) is 16.0. The molecule has 5 nitrogen and oxygen atoms in total. The van der Waals surface area contributed by atoms with Crippen molar-refractivity contribution in [3.8, 4) is 23.1 Å². The van der Waals surface area contributed by atoms with Crippen LogP contribution >= 0.6 is 11.6 Å². The number of aryl methyl sites for hydroxylation is 2. The molecule has 0 aliphatic heterocycles. The van der Waals surface area contributed by atoms with Crippen molar-refractivity contribution in [2.45, 2.75) is 13.8 Å². The van der Waals surface area contributed by atoms with E-state index in [9.17, 15) is 0 Å². The Hall–Kier alpha value is -2.66. The van der Waals surface area contributed by atoms with Gasteiger partial charge in [0.25, 0.3) is 5.89 Å². The Morgan fingerprint density at radius 3 is 2.78 bits per heavy atom. The van der Waals surface area contributed by atoms with E-state index < -0.39 is 0 Å². The summed E-state index contributed by atoms with van der Waals surface area (Å²) in [6.45, 7) is 3.94. The lowest BCUT2D eigenvalue weighted by molar-refractivity contribution is 0.431. The number of hydrogen-bond donors (Lipinski definition) is 1. The van der Waals surface area contributed by atoms with Gasteiger partial charge in [-0.1, -0.05) is 34.5 Å². The third kappa shape index (κ3) is 2.39. The van der Waals surface area contributed by atoms with Gasteiger partial charge < -0.3 is 9.51 Å². The van der Waals surface area contributed by atoms with Crippen LogP contribution in [0.25, 0.3) is 34.0 Å². The molecule has 4 aromatic rings. The number of aromatic amines is 1. The third-order valence-corrected chi connectivity index (χ3v) is 4.04. The van der Waals surface area contributed by atoms with Crippen molar-refractivity contribution < 1.29 is 4.52 Å². The molecule has 4 rings (SSSR count). The third-order valence-electron chi connectivity index (χ3n) is 3.65. The van der Waals surface area contributed by atoms with E-state index in [1.807, 2.05) is 50.2 Å². The molecule has 0 bridgehead atoms. The molecule has 0 saturated heterocycles. The van der Waals surface area contributed by atoms with Crippen LogP contribution in [-0.4, -0.2) is 20.1 Å². The molecule has 0 atom stereocenters. The Kier molecular flexibility index (Phi) is 3.16. The van der Waals surface area contributed by atoms with Crippen LogP contribution in [0.1, 0.15) is 11.3 Å². The van der Waals surface area contributed by atoms with Gasteiger partial charge in [-0.2, -0.15) is 4.98 Å². The second-order valence-corrected chi connectivity index (χ2v) is 5.83. The highest BCUT2D eigenvalue weighted by Crippen LogP contribution is 2.34. The lowest BCUT2D eigenvalue weighted by Crippen LogP contribution is -1.88. The van der Waals surface area contributed by atoms with Crippen LogP contribution in [0.4, 0.5) is 0 Å². The quantitative estimate of drug-likeness (QED) is 0.587. The van der Waals surface area contributed by atoms with Gasteiger partial charge in [0.2, 0.25) is 5.82 Å². The second-order valence-electron chi connectivity index (χ2n) is 5.45. The predicted octanol–water partition coefficient (Wildman–Crippen LogP) is 4.55. The van der Waals surface area contributed by atoms with Crippen molar-refractivity contribution in [1.29, 1.82) is 0 Å². The van der Waals surface area contributed by atoms with Crippen molar-refractivity contribution in [1.82, 2.24) is 20.1 Å². The van der Waals surface area contributed by atoms with E-state index >= 15 is 0 Å². The van der Waals surface area contributed by atoms with Crippen LogP contribution in [0.15, 0.2) is 40.9 Å². The molecule has 0 amide bonds. The van der Waals surface area contributed by atoms with Gasteiger partial charge in [0.15, 0.2) is 0 Å². The molecular weight excluding hydrogens is 312 g/mol. The Balaban J connectivity index is 1.82. The number of halogens is 1. The minimum Gasteiger partial charge on any atom is -0.349 e. The van der Waals surface area contributed by atoms with Gasteiger partial charge in [0, 0.05) is 16.6 Å². The smallest absolute Gasteiger partial charge is 0.276 e. The number of fused-ring (bicyclic) bond motifs is 1. The molecule has 0 aliphatic carbocycles. The average Bonchev–Trinajstić information content (AvgIpc) is 3.13. The summed E-state index contributed by atoms with van der Waals surface area (Å²) in [6.07, 6.45) is 0. The molecule has 1 aromatic carbocycles. The minimum atomic E-state index is 0.349. The Labute approximate surface area is 137 Å². The summed E-state index contributed by atoms with van der Waals surface area (Å²) in [4.78, 5) is 12.0. The molecular formula is C17H13ClN4O. The van der Waals surface area contributed by atoms with Crippen LogP contribution < -0.4 is 0 Å². The number of H-pyrrole nitrogens is 1. The summed E-state index contributed by atoms with van der Waals surface area (Å²) in [5.74, 6) is 0.789. The molecule has 3 heterocycles. The largest absolute Gasteiger partial charge is 0.349 e. The summed E-state index contributed by atoms with van der Waals surface area (Å²) >= 11 is 6.47. The number of hydrogen-bond acceptors (Lipinski definition) is 4. The maximum Gasteiger partial charge on any atom is 0.276 e. The van der Waals surface area contributed by atoms with Gasteiger partial charge in [-0.15, -0.1) is 0 Å². The van der Waals surface area contributed by atoms with Gasteiger partial charge in [0.05, 0.1) is 5.02 Å². The van der Waals surface area contributed by atoms with E-state index in [-0.39, 0.29) is 0 Å². The number of nitrogens with one attached hydrogen (secondary N) is 1. The lowest BCUT2D eigenvalue weighted by Gasteiger charge is -1.94. The van der Waals surface area contributed by atoms with Crippen molar-refractivity contribution in [2.24, 2.45) is 0 Å². The highest BCUT2D eigenvalue weighted by molar-refractivity contribution is 6.38. The molecule has 3 aromatic heterocycles. The Bertz CT molecular complexity index is 1020. The maximum absolute atomic E-state index is 6.47. The second kappa shape index (κ2) is 5.21. The van der Waals surface area contributed by atoms with Crippen LogP contribution in [0.5, 0.6) is 0 Å². The van der Waals surface area contributed by atoms with Crippen LogP contribution in [0.2, 0.25) is 5.02 Å². The zero-order valence-corrected chi connectivity index (χ0v) is 13.3. The van der Waals surface area contributed by atoms with Crippen LogP contribution in [0, 0.1) is 13.8 Å². The Morgan fingerprint density at radius 1 is 1.09 bits per heavy atom. The molecule has 23 heavy (non-hydrogen) atoms. The van der Waals surface area contributed by atoms with E-state index in [1.165, 1.54) is 0 Å². The zero-order valence-electron chi connectivity index (χ0n) is 12.6. The standard InChI is InChI=1S/C17H13ClN4O/c1-9-6-7-12-11(8-9)14(18)15(20-12)17-21-16(22-23-17)13-5-3-4-10(2)19-13/h3-8,20H,1-2H3. The fraction of sp³-hybridized carbons (Fsp3) is 0.118. The summed E-state index contributed by atoms with van der Waals surface area (Å²) in [5.41, 5.74) is 4.26. The normalized spacial score (nSPS) is 11.3.